The number of hydrogen-bond acceptors (Lipinski definition) is 5. The van der Waals surface area contributed by atoms with E-state index in [2.05, 4.69) is 26.1 Å². The largest absolute Gasteiger partial charge is 0.462 e. The van der Waals surface area contributed by atoms with Crippen LogP contribution in [0.25, 0.3) is 11.0 Å². The van der Waals surface area contributed by atoms with E-state index in [0.29, 0.717) is 17.9 Å². The molecule has 1 fully saturated rings. The number of para-hydroxylation sites is 2. The maximum absolute atomic E-state index is 13.9. The van der Waals surface area contributed by atoms with Crippen LogP contribution in [0.5, 0.6) is 0 Å². The van der Waals surface area contributed by atoms with Crippen LogP contribution in [0.15, 0.2) is 48.5 Å². The second kappa shape index (κ2) is 6.86. The number of amides is 1. The topological polar surface area (TPSA) is 81.2 Å². The van der Waals surface area contributed by atoms with Crippen LogP contribution in [0.2, 0.25) is 0 Å². The van der Waals surface area contributed by atoms with Crippen molar-refractivity contribution >= 4 is 28.6 Å². The van der Waals surface area contributed by atoms with Crippen LogP contribution in [-0.2, 0) is 20.4 Å². The molecule has 0 spiro atoms. The molecule has 2 aromatic carbocycles. The Labute approximate surface area is 187 Å². The number of ether oxygens (including phenoxy) is 1. The predicted molar refractivity (Wildman–Crippen MR) is 123 cm³/mol. The van der Waals surface area contributed by atoms with Gasteiger partial charge in [0.25, 0.3) is 0 Å². The molecule has 6 nitrogen and oxygen atoms in total. The van der Waals surface area contributed by atoms with Crippen molar-refractivity contribution in [1.29, 1.82) is 0 Å². The average molecular weight is 430 g/mol. The van der Waals surface area contributed by atoms with E-state index in [9.17, 15) is 9.59 Å². The van der Waals surface area contributed by atoms with Gasteiger partial charge in [-0.25, -0.2) is 14.8 Å². The lowest BCUT2D eigenvalue weighted by atomic mass is 9.63. The van der Waals surface area contributed by atoms with Crippen molar-refractivity contribution in [3.63, 3.8) is 0 Å². The fourth-order valence-corrected chi connectivity index (χ4v) is 5.69. The predicted octanol–water partition coefficient (Wildman–Crippen LogP) is 4.77. The Morgan fingerprint density at radius 2 is 1.56 bits per heavy atom. The van der Waals surface area contributed by atoms with E-state index in [4.69, 9.17) is 14.7 Å². The van der Waals surface area contributed by atoms with Gasteiger partial charge in [0, 0.05) is 11.1 Å². The first-order valence-corrected chi connectivity index (χ1v) is 11.1. The number of benzene rings is 2. The lowest BCUT2D eigenvalue weighted by molar-refractivity contribution is -0.125. The molecule has 1 N–H and O–H groups in total. The number of nitrogens with zero attached hydrogens (tertiary/aromatic N) is 2. The Hall–Kier alpha value is -3.28. The van der Waals surface area contributed by atoms with Crippen molar-refractivity contribution in [2.75, 3.05) is 11.9 Å². The first kappa shape index (κ1) is 20.6. The van der Waals surface area contributed by atoms with Crippen molar-refractivity contribution in [2.45, 2.75) is 51.4 Å². The minimum Gasteiger partial charge on any atom is -0.462 e. The molecule has 0 radical (unpaired) electrons. The molecule has 1 heterocycles. The molecule has 1 saturated carbocycles. The second-order valence-corrected chi connectivity index (χ2v) is 9.52. The Bertz CT molecular complexity index is 1250. The van der Waals surface area contributed by atoms with E-state index in [-0.39, 0.29) is 22.7 Å². The van der Waals surface area contributed by atoms with Crippen molar-refractivity contribution < 1.29 is 14.3 Å². The smallest absolute Gasteiger partial charge is 0.338 e. The number of fused-ring (bicyclic) bond motifs is 6. The zero-order chi connectivity index (χ0) is 22.7. The minimum absolute atomic E-state index is 0.0709. The molecule has 2 bridgehead atoms. The van der Waals surface area contributed by atoms with E-state index in [1.807, 2.05) is 24.3 Å². The molecule has 5 rings (SSSR count). The maximum atomic E-state index is 13.9. The molecular weight excluding hydrogens is 402 g/mol. The number of esters is 1. The minimum atomic E-state index is -0.770. The highest BCUT2D eigenvalue weighted by atomic mass is 16.5. The molecule has 164 valence electrons. The van der Waals surface area contributed by atoms with Crippen molar-refractivity contribution in [3.8, 4) is 0 Å². The highest BCUT2D eigenvalue weighted by Crippen LogP contribution is 2.70. The number of hydrogen-bond donors (Lipinski definition) is 1. The standard InChI is InChI=1S/C26H27N3O3/c1-5-32-22(30)16-10-12-17(13-11-16)27-23(31)26-15-14-25(4,24(26,2)3)20-21(26)29-19-9-7-6-8-18(19)28-20/h6-13H,5,14-15H2,1-4H3,(H,27,31). The van der Waals surface area contributed by atoms with Crippen LogP contribution in [0.3, 0.4) is 0 Å². The monoisotopic (exact) mass is 429 g/mol. The van der Waals surface area contributed by atoms with Gasteiger partial charge in [0.15, 0.2) is 0 Å². The van der Waals surface area contributed by atoms with Gasteiger partial charge >= 0.3 is 5.97 Å². The Kier molecular flexibility index (Phi) is 4.42. The maximum Gasteiger partial charge on any atom is 0.338 e. The van der Waals surface area contributed by atoms with Crippen LogP contribution in [0.4, 0.5) is 5.69 Å². The first-order valence-electron chi connectivity index (χ1n) is 11.1. The highest BCUT2D eigenvalue weighted by Gasteiger charge is 2.73. The van der Waals surface area contributed by atoms with Gasteiger partial charge in [0.1, 0.15) is 0 Å². The summed E-state index contributed by atoms with van der Waals surface area (Å²) >= 11 is 0. The number of rotatable bonds is 4. The van der Waals surface area contributed by atoms with Gasteiger partial charge in [-0.05, 0) is 61.6 Å². The van der Waals surface area contributed by atoms with Gasteiger partial charge in [0.2, 0.25) is 5.91 Å². The molecule has 2 aliphatic rings. The van der Waals surface area contributed by atoms with Crippen LogP contribution < -0.4 is 5.32 Å². The average Bonchev–Trinajstić information content (AvgIpc) is 3.08. The third-order valence-corrected chi connectivity index (χ3v) is 7.99. The molecule has 0 saturated heterocycles. The zero-order valence-corrected chi connectivity index (χ0v) is 18.9. The van der Waals surface area contributed by atoms with E-state index in [1.165, 1.54) is 0 Å². The molecule has 6 heteroatoms. The normalized spacial score (nSPS) is 24.9. The Morgan fingerprint density at radius 1 is 0.938 bits per heavy atom. The van der Waals surface area contributed by atoms with Crippen LogP contribution in [0.1, 0.15) is 62.3 Å². The van der Waals surface area contributed by atoms with Gasteiger partial charge in [-0.15, -0.1) is 0 Å². The van der Waals surface area contributed by atoms with Gasteiger partial charge in [0.05, 0.1) is 40.0 Å². The van der Waals surface area contributed by atoms with Gasteiger partial charge in [-0.1, -0.05) is 32.9 Å². The summed E-state index contributed by atoms with van der Waals surface area (Å²) in [5.74, 6) is -0.443. The van der Waals surface area contributed by atoms with Crippen molar-refractivity contribution in [2.24, 2.45) is 5.41 Å². The van der Waals surface area contributed by atoms with Gasteiger partial charge in [-0.3, -0.25) is 4.79 Å². The summed E-state index contributed by atoms with van der Waals surface area (Å²) in [5.41, 5.74) is 3.16. The summed E-state index contributed by atoms with van der Waals surface area (Å²) in [5, 5.41) is 3.10. The molecule has 2 atom stereocenters. The summed E-state index contributed by atoms with van der Waals surface area (Å²) in [6.07, 6.45) is 1.61. The fraction of sp³-hybridized carbons (Fsp3) is 0.385. The summed E-state index contributed by atoms with van der Waals surface area (Å²) in [7, 11) is 0. The molecule has 3 aromatic rings. The molecule has 32 heavy (non-hydrogen) atoms. The van der Waals surface area contributed by atoms with Gasteiger partial charge < -0.3 is 10.1 Å². The fourth-order valence-electron chi connectivity index (χ4n) is 5.69. The third-order valence-electron chi connectivity index (χ3n) is 7.99. The van der Waals surface area contributed by atoms with Gasteiger partial charge in [-0.2, -0.15) is 0 Å². The Morgan fingerprint density at radius 3 is 2.19 bits per heavy atom. The van der Waals surface area contributed by atoms with E-state index < -0.39 is 5.41 Å². The molecule has 2 unspecified atom stereocenters. The van der Waals surface area contributed by atoms with E-state index in [1.54, 1.807) is 31.2 Å². The number of aromatic nitrogens is 2. The lowest BCUT2D eigenvalue weighted by Gasteiger charge is -2.39. The molecule has 1 amide bonds. The molecule has 2 aliphatic carbocycles. The number of carbonyl (C=O) groups is 2. The number of carbonyl (C=O) groups excluding carboxylic acids is 2. The van der Waals surface area contributed by atoms with E-state index in [0.717, 1.165) is 35.3 Å². The molecule has 1 aromatic heterocycles. The highest BCUT2D eigenvalue weighted by molar-refractivity contribution is 6.02. The van der Waals surface area contributed by atoms with Crippen LogP contribution >= 0.6 is 0 Å². The first-order chi connectivity index (χ1) is 15.2. The molecular formula is C26H27N3O3. The number of anilines is 1. The third kappa shape index (κ3) is 2.52. The summed E-state index contributed by atoms with van der Waals surface area (Å²) in [6.45, 7) is 8.64. The van der Waals surface area contributed by atoms with Crippen LogP contribution in [-0.4, -0.2) is 28.5 Å². The summed E-state index contributed by atoms with van der Waals surface area (Å²) in [6, 6.07) is 14.7. The number of nitrogens with one attached hydrogen (secondary N) is 1. The quantitative estimate of drug-likeness (QED) is 0.604. The molecule has 0 aliphatic heterocycles. The Balaban J connectivity index is 1.55. The lowest BCUT2D eigenvalue weighted by Crippen LogP contribution is -2.48. The van der Waals surface area contributed by atoms with Crippen LogP contribution in [0, 0.1) is 5.41 Å². The summed E-state index contributed by atoms with van der Waals surface area (Å²) in [4.78, 5) is 35.8. The second-order valence-electron chi connectivity index (χ2n) is 9.52. The SMILES string of the molecule is CCOC(=O)c1ccc(NC(=O)C23CCC(C)(c4nc5ccccc5nc42)C3(C)C)cc1. The zero-order valence-electron chi connectivity index (χ0n) is 18.9. The van der Waals surface area contributed by atoms with Crippen molar-refractivity contribution in [3.05, 3.63) is 65.5 Å². The van der Waals surface area contributed by atoms with Crippen molar-refractivity contribution in [1.82, 2.24) is 9.97 Å². The summed E-state index contributed by atoms with van der Waals surface area (Å²) < 4.78 is 5.04. The van der Waals surface area contributed by atoms with E-state index >= 15 is 0 Å².